The van der Waals surface area contributed by atoms with Gasteiger partial charge in [-0.1, -0.05) is 5.16 Å². The molecule has 0 radical (unpaired) electrons. The molecule has 0 atom stereocenters. The van der Waals surface area contributed by atoms with Crippen molar-refractivity contribution in [3.63, 3.8) is 0 Å². The molecule has 0 aliphatic carbocycles. The quantitative estimate of drug-likeness (QED) is 0.590. The number of nitrogens with one attached hydrogen (secondary N) is 1. The summed E-state index contributed by atoms with van der Waals surface area (Å²) in [7, 11) is 0. The molecule has 1 aliphatic rings. The Morgan fingerprint density at radius 1 is 1.33 bits per heavy atom. The van der Waals surface area contributed by atoms with Gasteiger partial charge in [0.1, 0.15) is 0 Å². The van der Waals surface area contributed by atoms with Crippen molar-refractivity contribution in [2.75, 3.05) is 18.0 Å². The van der Waals surface area contributed by atoms with E-state index >= 15 is 0 Å². The van der Waals surface area contributed by atoms with Crippen LogP contribution in [0.4, 0.5) is 5.69 Å². The van der Waals surface area contributed by atoms with E-state index in [1.54, 1.807) is 6.20 Å². The van der Waals surface area contributed by atoms with Crippen LogP contribution in [0.3, 0.4) is 0 Å². The standard InChI is InChI=1S/C13H13N3O2/c17-13-3-5-14-12-7-10(1-2-11(12)13)16-6-4-9(8-16)15-18/h1-3,5,7,18H,4,6,8H2,(H,14,17)/b15-9-. The molecule has 2 N–H and O–H groups in total. The Labute approximate surface area is 103 Å². The summed E-state index contributed by atoms with van der Waals surface area (Å²) in [6, 6.07) is 7.24. The largest absolute Gasteiger partial charge is 0.411 e. The molecule has 1 fully saturated rings. The van der Waals surface area contributed by atoms with Gasteiger partial charge in [-0.25, -0.2) is 0 Å². The Bertz CT molecular complexity index is 675. The number of hydrogen-bond acceptors (Lipinski definition) is 4. The van der Waals surface area contributed by atoms with Crippen molar-refractivity contribution in [2.24, 2.45) is 5.16 Å². The minimum atomic E-state index is 0.0225. The molecular weight excluding hydrogens is 230 g/mol. The highest BCUT2D eigenvalue weighted by atomic mass is 16.4. The van der Waals surface area contributed by atoms with E-state index in [4.69, 9.17) is 5.21 Å². The second-order valence-corrected chi connectivity index (χ2v) is 4.41. The van der Waals surface area contributed by atoms with Crippen molar-refractivity contribution >= 4 is 22.3 Å². The summed E-state index contributed by atoms with van der Waals surface area (Å²) < 4.78 is 0. The van der Waals surface area contributed by atoms with Crippen molar-refractivity contribution in [2.45, 2.75) is 6.42 Å². The number of H-pyrrole nitrogens is 1. The van der Waals surface area contributed by atoms with Crippen LogP contribution in [0.25, 0.3) is 10.9 Å². The number of aromatic nitrogens is 1. The molecule has 2 aromatic rings. The number of pyridine rings is 1. The average Bonchev–Trinajstić information content (AvgIpc) is 2.87. The van der Waals surface area contributed by atoms with Gasteiger partial charge in [-0.05, 0) is 18.2 Å². The van der Waals surface area contributed by atoms with Crippen molar-refractivity contribution in [3.05, 3.63) is 40.7 Å². The summed E-state index contributed by atoms with van der Waals surface area (Å²) in [4.78, 5) is 16.8. The average molecular weight is 243 g/mol. The van der Waals surface area contributed by atoms with E-state index in [1.165, 1.54) is 6.07 Å². The minimum Gasteiger partial charge on any atom is -0.411 e. The summed E-state index contributed by atoms with van der Waals surface area (Å²) >= 11 is 0. The molecule has 0 unspecified atom stereocenters. The number of aromatic amines is 1. The second-order valence-electron chi connectivity index (χ2n) is 4.41. The van der Waals surface area contributed by atoms with Gasteiger partial charge in [0.2, 0.25) is 0 Å². The van der Waals surface area contributed by atoms with Crippen LogP contribution in [0.2, 0.25) is 0 Å². The molecule has 1 aliphatic heterocycles. The summed E-state index contributed by atoms with van der Waals surface area (Å²) in [6.45, 7) is 1.47. The van der Waals surface area contributed by atoms with Gasteiger partial charge < -0.3 is 15.1 Å². The maximum atomic E-state index is 11.6. The smallest absolute Gasteiger partial charge is 0.189 e. The molecule has 5 heteroatoms. The second kappa shape index (κ2) is 4.18. The van der Waals surface area contributed by atoms with Crippen LogP contribution in [-0.2, 0) is 0 Å². The third kappa shape index (κ3) is 1.73. The Kier molecular flexibility index (Phi) is 2.51. The lowest BCUT2D eigenvalue weighted by Crippen LogP contribution is -2.19. The number of anilines is 1. The normalized spacial score (nSPS) is 17.8. The highest BCUT2D eigenvalue weighted by Gasteiger charge is 2.18. The van der Waals surface area contributed by atoms with Gasteiger partial charge in [0.25, 0.3) is 0 Å². The summed E-state index contributed by atoms with van der Waals surface area (Å²) in [5.41, 5.74) is 2.67. The number of fused-ring (bicyclic) bond motifs is 1. The van der Waals surface area contributed by atoms with Gasteiger partial charge >= 0.3 is 0 Å². The SMILES string of the molecule is O=c1cc[nH]c2cc(N3CC/C(=N/O)C3)ccc12. The third-order valence-electron chi connectivity index (χ3n) is 3.29. The maximum absolute atomic E-state index is 11.6. The van der Waals surface area contributed by atoms with Gasteiger partial charge in [0.15, 0.2) is 5.43 Å². The van der Waals surface area contributed by atoms with Gasteiger partial charge in [0.05, 0.1) is 17.8 Å². The molecule has 0 saturated carbocycles. The highest BCUT2D eigenvalue weighted by molar-refractivity contribution is 5.92. The van der Waals surface area contributed by atoms with E-state index in [0.717, 1.165) is 29.9 Å². The highest BCUT2D eigenvalue weighted by Crippen LogP contribution is 2.22. The van der Waals surface area contributed by atoms with E-state index in [9.17, 15) is 4.79 Å². The summed E-state index contributed by atoms with van der Waals surface area (Å²) in [6.07, 6.45) is 2.43. The molecule has 0 spiro atoms. The Balaban J connectivity index is 2.02. The van der Waals surface area contributed by atoms with E-state index < -0.39 is 0 Å². The molecule has 2 heterocycles. The predicted octanol–water partition coefficient (Wildman–Crippen LogP) is 1.57. The Morgan fingerprint density at radius 2 is 2.22 bits per heavy atom. The van der Waals surface area contributed by atoms with E-state index in [2.05, 4.69) is 15.0 Å². The van der Waals surface area contributed by atoms with Crippen LogP contribution in [0.15, 0.2) is 40.4 Å². The fraction of sp³-hybridized carbons (Fsp3) is 0.231. The molecule has 1 aromatic heterocycles. The first-order chi connectivity index (χ1) is 8.78. The van der Waals surface area contributed by atoms with Crippen LogP contribution in [0.5, 0.6) is 0 Å². The fourth-order valence-corrected chi connectivity index (χ4v) is 2.30. The first-order valence-electron chi connectivity index (χ1n) is 5.84. The van der Waals surface area contributed by atoms with Crippen molar-refractivity contribution in [1.29, 1.82) is 0 Å². The van der Waals surface area contributed by atoms with Crippen LogP contribution >= 0.6 is 0 Å². The number of nitrogens with zero attached hydrogens (tertiary/aromatic N) is 2. The Morgan fingerprint density at radius 3 is 3.00 bits per heavy atom. The molecule has 5 nitrogen and oxygen atoms in total. The zero-order valence-corrected chi connectivity index (χ0v) is 9.76. The van der Waals surface area contributed by atoms with Crippen molar-refractivity contribution < 1.29 is 5.21 Å². The predicted molar refractivity (Wildman–Crippen MR) is 70.6 cm³/mol. The maximum Gasteiger partial charge on any atom is 0.189 e. The number of rotatable bonds is 1. The lowest BCUT2D eigenvalue weighted by molar-refractivity contribution is 0.318. The first kappa shape index (κ1) is 10.8. The summed E-state index contributed by atoms with van der Waals surface area (Å²) in [5, 5.41) is 12.7. The zero-order chi connectivity index (χ0) is 12.5. The first-order valence-corrected chi connectivity index (χ1v) is 5.84. The molecule has 92 valence electrons. The van der Waals surface area contributed by atoms with Crippen LogP contribution in [0.1, 0.15) is 6.42 Å². The van der Waals surface area contributed by atoms with E-state index in [-0.39, 0.29) is 5.43 Å². The van der Waals surface area contributed by atoms with Crippen LogP contribution in [0, 0.1) is 0 Å². The van der Waals surface area contributed by atoms with Gasteiger partial charge in [0, 0.05) is 36.3 Å². The van der Waals surface area contributed by atoms with E-state index in [1.807, 2.05) is 18.2 Å². The molecule has 18 heavy (non-hydrogen) atoms. The van der Waals surface area contributed by atoms with Gasteiger partial charge in [-0.2, -0.15) is 0 Å². The van der Waals surface area contributed by atoms with Crippen LogP contribution in [-0.4, -0.2) is 29.0 Å². The van der Waals surface area contributed by atoms with Crippen molar-refractivity contribution in [3.8, 4) is 0 Å². The van der Waals surface area contributed by atoms with Gasteiger partial charge in [-0.15, -0.1) is 0 Å². The monoisotopic (exact) mass is 243 g/mol. The van der Waals surface area contributed by atoms with Gasteiger partial charge in [-0.3, -0.25) is 4.79 Å². The topological polar surface area (TPSA) is 68.7 Å². The molecule has 0 amide bonds. The lowest BCUT2D eigenvalue weighted by atomic mass is 10.2. The summed E-state index contributed by atoms with van der Waals surface area (Å²) in [5.74, 6) is 0. The lowest BCUT2D eigenvalue weighted by Gasteiger charge is -2.17. The zero-order valence-electron chi connectivity index (χ0n) is 9.76. The number of oxime groups is 1. The van der Waals surface area contributed by atoms with Crippen molar-refractivity contribution in [1.82, 2.24) is 4.98 Å². The minimum absolute atomic E-state index is 0.0225. The molecule has 1 saturated heterocycles. The number of hydrogen-bond donors (Lipinski definition) is 2. The molecule has 0 bridgehead atoms. The molecular formula is C13H13N3O2. The fourth-order valence-electron chi connectivity index (χ4n) is 2.30. The Hall–Kier alpha value is -2.30. The van der Waals surface area contributed by atoms with E-state index in [0.29, 0.717) is 11.9 Å². The third-order valence-corrected chi connectivity index (χ3v) is 3.29. The molecule has 3 rings (SSSR count). The molecule has 1 aromatic carbocycles. The number of benzene rings is 1. The van der Waals surface area contributed by atoms with Crippen LogP contribution < -0.4 is 10.3 Å².